The lowest BCUT2D eigenvalue weighted by Gasteiger charge is -2.16. The summed E-state index contributed by atoms with van der Waals surface area (Å²) in [5.41, 5.74) is 6.58. The smallest absolute Gasteiger partial charge is 0.251 e. The van der Waals surface area contributed by atoms with Crippen molar-refractivity contribution in [3.63, 3.8) is 0 Å². The highest BCUT2D eigenvalue weighted by atomic mass is 32.2. The Bertz CT molecular complexity index is 1130. The molecule has 0 heterocycles. The first-order valence-corrected chi connectivity index (χ1v) is 12.3. The van der Waals surface area contributed by atoms with Gasteiger partial charge in [0.2, 0.25) is 0 Å². The van der Waals surface area contributed by atoms with Crippen LogP contribution < -0.4 is 5.32 Å². The largest absolute Gasteiger partial charge is 0.349 e. The van der Waals surface area contributed by atoms with Gasteiger partial charge >= 0.3 is 0 Å². The molecule has 0 radical (unpaired) electrons. The molecule has 4 rings (SSSR count). The van der Waals surface area contributed by atoms with Crippen molar-refractivity contribution in [2.24, 2.45) is 0 Å². The van der Waals surface area contributed by atoms with Crippen molar-refractivity contribution < 1.29 is 4.79 Å². The van der Waals surface area contributed by atoms with Gasteiger partial charge in [-0.25, -0.2) is 0 Å². The Labute approximate surface area is 196 Å². The summed E-state index contributed by atoms with van der Waals surface area (Å²) in [6.45, 7) is 8.71. The van der Waals surface area contributed by atoms with Crippen LogP contribution in [0.5, 0.6) is 0 Å². The molecule has 3 aromatic rings. The lowest BCUT2D eigenvalue weighted by molar-refractivity contribution is 0.0937. The van der Waals surface area contributed by atoms with Crippen LogP contribution in [0.15, 0.2) is 83.1 Å². The second-order valence-corrected chi connectivity index (χ2v) is 9.61. The van der Waals surface area contributed by atoms with Crippen LogP contribution in [0.25, 0.3) is 5.57 Å². The summed E-state index contributed by atoms with van der Waals surface area (Å²) in [6.07, 6.45) is 5.61. The van der Waals surface area contributed by atoms with E-state index in [1.54, 1.807) is 11.8 Å². The summed E-state index contributed by atoms with van der Waals surface area (Å²) < 4.78 is 0. The third-order valence-electron chi connectivity index (χ3n) is 6.28. The Morgan fingerprint density at radius 3 is 2.38 bits per heavy atom. The Morgan fingerprint density at radius 2 is 1.66 bits per heavy atom. The Balaban J connectivity index is 1.56. The van der Waals surface area contributed by atoms with Crippen molar-refractivity contribution in [1.82, 2.24) is 5.32 Å². The van der Waals surface area contributed by atoms with Crippen LogP contribution in [0.3, 0.4) is 0 Å². The van der Waals surface area contributed by atoms with E-state index in [1.165, 1.54) is 28.9 Å². The molecular weight excluding hydrogens is 410 g/mol. The predicted octanol–water partition coefficient (Wildman–Crippen LogP) is 7.44. The van der Waals surface area contributed by atoms with Gasteiger partial charge in [-0.05, 0) is 78.3 Å². The van der Waals surface area contributed by atoms with E-state index in [1.807, 2.05) is 12.1 Å². The normalized spacial score (nSPS) is 13.8. The Kier molecular flexibility index (Phi) is 7.16. The summed E-state index contributed by atoms with van der Waals surface area (Å²) in [5.74, 6) is 0.0431. The molecule has 1 amide bonds. The first-order valence-electron chi connectivity index (χ1n) is 11.5. The van der Waals surface area contributed by atoms with Crippen molar-refractivity contribution in [3.05, 3.63) is 101 Å². The topological polar surface area (TPSA) is 29.1 Å². The van der Waals surface area contributed by atoms with Crippen molar-refractivity contribution >= 4 is 23.2 Å². The number of hydrogen-bond acceptors (Lipinski definition) is 2. The highest BCUT2D eigenvalue weighted by Crippen LogP contribution is 2.37. The van der Waals surface area contributed by atoms with Gasteiger partial charge in [-0.1, -0.05) is 80.6 Å². The average molecular weight is 442 g/mol. The van der Waals surface area contributed by atoms with Crippen LogP contribution in [0, 0.1) is 6.92 Å². The zero-order valence-electron chi connectivity index (χ0n) is 19.0. The monoisotopic (exact) mass is 441 g/mol. The van der Waals surface area contributed by atoms with E-state index in [2.05, 4.69) is 80.3 Å². The SMILES string of the molecule is C=C(c1ccccc1CC)c1ccccc1Sc1ccc(C(=O)NC2CCCC2)cc1C. The van der Waals surface area contributed by atoms with Crippen LogP contribution in [0.4, 0.5) is 0 Å². The quantitative estimate of drug-likeness (QED) is 0.413. The third kappa shape index (κ3) is 4.99. The van der Waals surface area contributed by atoms with Crippen molar-refractivity contribution in [2.45, 2.75) is 61.8 Å². The molecule has 1 fully saturated rings. The molecule has 0 saturated heterocycles. The van der Waals surface area contributed by atoms with Gasteiger partial charge in [0, 0.05) is 21.4 Å². The van der Waals surface area contributed by atoms with E-state index < -0.39 is 0 Å². The van der Waals surface area contributed by atoms with Gasteiger partial charge in [0.1, 0.15) is 0 Å². The molecule has 3 aromatic carbocycles. The summed E-state index contributed by atoms with van der Waals surface area (Å²) in [7, 11) is 0. The molecular formula is C29H31NOS. The molecule has 0 spiro atoms. The van der Waals surface area contributed by atoms with Crippen LogP contribution in [0.2, 0.25) is 0 Å². The molecule has 1 saturated carbocycles. The minimum atomic E-state index is 0.0431. The van der Waals surface area contributed by atoms with E-state index in [0.29, 0.717) is 6.04 Å². The maximum atomic E-state index is 12.7. The maximum absolute atomic E-state index is 12.7. The zero-order valence-corrected chi connectivity index (χ0v) is 19.8. The fourth-order valence-corrected chi connectivity index (χ4v) is 5.48. The summed E-state index contributed by atoms with van der Waals surface area (Å²) >= 11 is 1.74. The lowest BCUT2D eigenvalue weighted by atomic mass is 9.94. The van der Waals surface area contributed by atoms with Gasteiger partial charge in [-0.3, -0.25) is 4.79 Å². The van der Waals surface area contributed by atoms with E-state index in [4.69, 9.17) is 0 Å². The molecule has 0 unspecified atom stereocenters. The number of rotatable bonds is 7. The second kappa shape index (κ2) is 10.2. The summed E-state index contributed by atoms with van der Waals surface area (Å²) in [6, 6.07) is 23.3. The highest BCUT2D eigenvalue weighted by molar-refractivity contribution is 7.99. The molecule has 1 N–H and O–H groups in total. The first-order chi connectivity index (χ1) is 15.6. The molecule has 0 aliphatic heterocycles. The van der Waals surface area contributed by atoms with E-state index in [-0.39, 0.29) is 5.91 Å². The number of carbonyl (C=O) groups excluding carboxylic acids is 1. The third-order valence-corrected chi connectivity index (χ3v) is 7.54. The molecule has 2 nitrogen and oxygen atoms in total. The molecule has 1 aliphatic rings. The van der Waals surface area contributed by atoms with Crippen molar-refractivity contribution in [2.75, 3.05) is 0 Å². The maximum Gasteiger partial charge on any atom is 0.251 e. The molecule has 3 heteroatoms. The number of carbonyl (C=O) groups is 1. The minimum Gasteiger partial charge on any atom is -0.349 e. The first kappa shape index (κ1) is 22.4. The zero-order chi connectivity index (χ0) is 22.5. The fourth-order valence-electron chi connectivity index (χ4n) is 4.44. The van der Waals surface area contributed by atoms with Crippen LogP contribution in [-0.2, 0) is 6.42 Å². The van der Waals surface area contributed by atoms with Gasteiger partial charge in [0.15, 0.2) is 0 Å². The summed E-state index contributed by atoms with van der Waals surface area (Å²) in [5, 5.41) is 3.19. The van der Waals surface area contributed by atoms with Gasteiger partial charge in [0.05, 0.1) is 0 Å². The molecule has 164 valence electrons. The lowest BCUT2D eigenvalue weighted by Crippen LogP contribution is -2.32. The van der Waals surface area contributed by atoms with Gasteiger partial charge < -0.3 is 5.32 Å². The number of hydrogen-bond donors (Lipinski definition) is 1. The highest BCUT2D eigenvalue weighted by Gasteiger charge is 2.19. The van der Waals surface area contributed by atoms with Gasteiger partial charge in [-0.15, -0.1) is 0 Å². The summed E-state index contributed by atoms with van der Waals surface area (Å²) in [4.78, 5) is 15.0. The number of nitrogens with one attached hydrogen (secondary N) is 1. The van der Waals surface area contributed by atoms with E-state index >= 15 is 0 Å². The number of benzene rings is 3. The van der Waals surface area contributed by atoms with E-state index in [0.717, 1.165) is 46.4 Å². The fraction of sp³-hybridized carbons (Fsp3) is 0.276. The Morgan fingerprint density at radius 1 is 0.969 bits per heavy atom. The number of amides is 1. The second-order valence-electron chi connectivity index (χ2n) is 8.52. The number of aryl methyl sites for hydroxylation is 2. The van der Waals surface area contributed by atoms with Crippen molar-refractivity contribution in [3.8, 4) is 0 Å². The molecule has 0 bridgehead atoms. The van der Waals surface area contributed by atoms with Gasteiger partial charge in [0.25, 0.3) is 5.91 Å². The van der Waals surface area contributed by atoms with Crippen LogP contribution in [0.1, 0.15) is 65.2 Å². The molecule has 0 aromatic heterocycles. The Hall–Kier alpha value is -2.78. The van der Waals surface area contributed by atoms with E-state index in [9.17, 15) is 4.79 Å². The van der Waals surface area contributed by atoms with Gasteiger partial charge in [-0.2, -0.15) is 0 Å². The standard InChI is InChI=1S/C29H31NOS/c1-4-22-11-5-8-14-25(22)21(3)26-15-9-10-16-28(26)32-27-18-17-23(19-20(27)2)29(31)30-24-12-6-7-13-24/h5,8-11,14-19,24H,3-4,6-7,12-13H2,1-2H3,(H,30,31). The predicted molar refractivity (Wildman–Crippen MR) is 135 cm³/mol. The molecule has 32 heavy (non-hydrogen) atoms. The van der Waals surface area contributed by atoms with Crippen LogP contribution >= 0.6 is 11.8 Å². The minimum absolute atomic E-state index is 0.0431. The molecule has 0 atom stereocenters. The van der Waals surface area contributed by atoms with Crippen LogP contribution in [-0.4, -0.2) is 11.9 Å². The molecule has 1 aliphatic carbocycles. The van der Waals surface area contributed by atoms with Crippen molar-refractivity contribution in [1.29, 1.82) is 0 Å². The average Bonchev–Trinajstić information content (AvgIpc) is 3.33.